The van der Waals surface area contributed by atoms with Gasteiger partial charge >= 0.3 is 0 Å². The SMILES string of the molecule is Cl.NC1CCc2ccccc2CC1. The third kappa shape index (κ3) is 2.45. The van der Waals surface area contributed by atoms with Crippen LogP contribution in [0.2, 0.25) is 0 Å². The molecule has 0 saturated heterocycles. The van der Waals surface area contributed by atoms with Crippen molar-refractivity contribution >= 4 is 12.4 Å². The number of hydrogen-bond donors (Lipinski definition) is 1. The van der Waals surface area contributed by atoms with E-state index in [0.29, 0.717) is 6.04 Å². The molecule has 1 nitrogen and oxygen atoms in total. The predicted molar refractivity (Wildman–Crippen MR) is 58.3 cm³/mol. The van der Waals surface area contributed by atoms with Crippen LogP contribution in [0, 0.1) is 0 Å². The molecule has 0 saturated carbocycles. The van der Waals surface area contributed by atoms with E-state index < -0.39 is 0 Å². The van der Waals surface area contributed by atoms with E-state index in [4.69, 9.17) is 5.73 Å². The molecule has 2 rings (SSSR count). The molecule has 13 heavy (non-hydrogen) atoms. The van der Waals surface area contributed by atoms with E-state index in [2.05, 4.69) is 24.3 Å². The first-order valence-corrected chi connectivity index (χ1v) is 4.68. The molecule has 1 aromatic rings. The molecule has 0 bridgehead atoms. The molecule has 0 fully saturated rings. The van der Waals surface area contributed by atoms with Crippen LogP contribution in [0.1, 0.15) is 24.0 Å². The monoisotopic (exact) mass is 197 g/mol. The van der Waals surface area contributed by atoms with Gasteiger partial charge in [-0.1, -0.05) is 24.3 Å². The van der Waals surface area contributed by atoms with Gasteiger partial charge in [-0.2, -0.15) is 0 Å². The molecule has 2 heteroatoms. The smallest absolute Gasteiger partial charge is 0.00451 e. The molecule has 0 unspecified atom stereocenters. The quantitative estimate of drug-likeness (QED) is 0.635. The Balaban J connectivity index is 0.000000845. The fraction of sp³-hybridized carbons (Fsp3) is 0.455. The fourth-order valence-corrected chi connectivity index (χ4v) is 1.87. The van der Waals surface area contributed by atoms with Crippen LogP contribution < -0.4 is 5.73 Å². The number of aryl methyl sites for hydroxylation is 2. The Morgan fingerprint density at radius 1 is 1.00 bits per heavy atom. The van der Waals surface area contributed by atoms with Gasteiger partial charge in [-0.3, -0.25) is 0 Å². The van der Waals surface area contributed by atoms with E-state index in [-0.39, 0.29) is 12.4 Å². The van der Waals surface area contributed by atoms with Crippen molar-refractivity contribution in [3.8, 4) is 0 Å². The Kier molecular flexibility index (Phi) is 3.76. The Hall–Kier alpha value is -0.530. The minimum absolute atomic E-state index is 0. The summed E-state index contributed by atoms with van der Waals surface area (Å²) in [5.74, 6) is 0. The molecule has 72 valence electrons. The summed E-state index contributed by atoms with van der Waals surface area (Å²) in [5, 5.41) is 0. The van der Waals surface area contributed by atoms with Crippen LogP contribution in [0.3, 0.4) is 0 Å². The first kappa shape index (κ1) is 10.6. The average molecular weight is 198 g/mol. The summed E-state index contributed by atoms with van der Waals surface area (Å²) in [6.07, 6.45) is 4.63. The first-order chi connectivity index (χ1) is 5.86. The molecule has 0 atom stereocenters. The summed E-state index contributed by atoms with van der Waals surface area (Å²) in [6, 6.07) is 9.11. The lowest BCUT2D eigenvalue weighted by Crippen LogP contribution is -2.19. The van der Waals surface area contributed by atoms with Crippen molar-refractivity contribution in [2.24, 2.45) is 5.73 Å². The molecule has 0 spiro atoms. The Morgan fingerprint density at radius 3 is 1.92 bits per heavy atom. The highest BCUT2D eigenvalue weighted by molar-refractivity contribution is 5.85. The van der Waals surface area contributed by atoms with Gasteiger partial charge in [0.05, 0.1) is 0 Å². The number of benzene rings is 1. The average Bonchev–Trinajstić information content (AvgIpc) is 2.29. The number of nitrogens with two attached hydrogens (primary N) is 1. The highest BCUT2D eigenvalue weighted by Gasteiger charge is 2.11. The van der Waals surface area contributed by atoms with Gasteiger partial charge in [0.2, 0.25) is 0 Å². The summed E-state index contributed by atoms with van der Waals surface area (Å²) in [6.45, 7) is 0. The lowest BCUT2D eigenvalue weighted by Gasteiger charge is -2.03. The third-order valence-electron chi connectivity index (χ3n) is 2.69. The lowest BCUT2D eigenvalue weighted by molar-refractivity contribution is 0.589. The van der Waals surface area contributed by atoms with Gasteiger partial charge in [-0.25, -0.2) is 0 Å². The predicted octanol–water partition coefficient (Wildman–Crippen LogP) is 2.31. The zero-order valence-corrected chi connectivity index (χ0v) is 8.52. The molecule has 0 aromatic heterocycles. The van der Waals surface area contributed by atoms with Gasteiger partial charge in [-0.15, -0.1) is 12.4 Å². The molecule has 1 aliphatic carbocycles. The highest BCUT2D eigenvalue weighted by Crippen LogP contribution is 2.19. The van der Waals surface area contributed by atoms with Gasteiger partial charge in [0.1, 0.15) is 0 Å². The van der Waals surface area contributed by atoms with Gasteiger partial charge in [0, 0.05) is 6.04 Å². The van der Waals surface area contributed by atoms with Crippen LogP contribution in [0.4, 0.5) is 0 Å². The molecule has 1 aliphatic rings. The Bertz CT molecular complexity index is 246. The minimum Gasteiger partial charge on any atom is -0.328 e. The summed E-state index contributed by atoms with van der Waals surface area (Å²) in [5.41, 5.74) is 8.92. The normalized spacial score (nSPS) is 17.0. The van der Waals surface area contributed by atoms with Gasteiger partial charge in [0.15, 0.2) is 0 Å². The second-order valence-electron chi connectivity index (χ2n) is 3.61. The van der Waals surface area contributed by atoms with E-state index in [1.807, 2.05) is 0 Å². The van der Waals surface area contributed by atoms with Crippen molar-refractivity contribution in [2.75, 3.05) is 0 Å². The zero-order chi connectivity index (χ0) is 8.39. The summed E-state index contributed by atoms with van der Waals surface area (Å²) < 4.78 is 0. The molecule has 2 N–H and O–H groups in total. The first-order valence-electron chi connectivity index (χ1n) is 4.68. The third-order valence-corrected chi connectivity index (χ3v) is 2.69. The summed E-state index contributed by atoms with van der Waals surface area (Å²) >= 11 is 0. The fourth-order valence-electron chi connectivity index (χ4n) is 1.87. The standard InChI is InChI=1S/C11H15N.ClH/c12-11-7-5-9-3-1-2-4-10(9)6-8-11;/h1-4,11H,5-8,12H2;1H. The molecule has 0 heterocycles. The minimum atomic E-state index is 0. The van der Waals surface area contributed by atoms with E-state index in [1.54, 1.807) is 0 Å². The Labute approximate surface area is 85.7 Å². The van der Waals surface area contributed by atoms with Crippen molar-refractivity contribution in [1.82, 2.24) is 0 Å². The largest absolute Gasteiger partial charge is 0.328 e. The van der Waals surface area contributed by atoms with Gasteiger partial charge in [0.25, 0.3) is 0 Å². The van der Waals surface area contributed by atoms with Crippen LogP contribution in [0.25, 0.3) is 0 Å². The zero-order valence-electron chi connectivity index (χ0n) is 7.70. The van der Waals surface area contributed by atoms with Crippen LogP contribution in [-0.4, -0.2) is 6.04 Å². The van der Waals surface area contributed by atoms with Crippen molar-refractivity contribution in [1.29, 1.82) is 0 Å². The molecular formula is C11H16ClN. The van der Waals surface area contributed by atoms with Gasteiger partial charge in [-0.05, 0) is 36.8 Å². The van der Waals surface area contributed by atoms with Crippen molar-refractivity contribution in [3.05, 3.63) is 35.4 Å². The summed E-state index contributed by atoms with van der Waals surface area (Å²) in [7, 11) is 0. The number of rotatable bonds is 0. The Morgan fingerprint density at radius 2 is 1.46 bits per heavy atom. The molecule has 0 radical (unpaired) electrons. The van der Waals surface area contributed by atoms with Crippen molar-refractivity contribution in [2.45, 2.75) is 31.7 Å². The van der Waals surface area contributed by atoms with E-state index in [1.165, 1.54) is 11.1 Å². The number of fused-ring (bicyclic) bond motifs is 1. The maximum absolute atomic E-state index is 5.91. The van der Waals surface area contributed by atoms with Crippen LogP contribution in [-0.2, 0) is 12.8 Å². The van der Waals surface area contributed by atoms with Crippen LogP contribution >= 0.6 is 12.4 Å². The van der Waals surface area contributed by atoms with Gasteiger partial charge < -0.3 is 5.73 Å². The molecule has 0 aliphatic heterocycles. The molecule has 1 aromatic carbocycles. The van der Waals surface area contributed by atoms with E-state index >= 15 is 0 Å². The van der Waals surface area contributed by atoms with E-state index in [9.17, 15) is 0 Å². The van der Waals surface area contributed by atoms with E-state index in [0.717, 1.165) is 25.7 Å². The second-order valence-corrected chi connectivity index (χ2v) is 3.61. The van der Waals surface area contributed by atoms with Crippen LogP contribution in [0.15, 0.2) is 24.3 Å². The molecule has 0 amide bonds. The summed E-state index contributed by atoms with van der Waals surface area (Å²) in [4.78, 5) is 0. The number of hydrogen-bond acceptors (Lipinski definition) is 1. The highest BCUT2D eigenvalue weighted by atomic mass is 35.5. The maximum atomic E-state index is 5.91. The topological polar surface area (TPSA) is 26.0 Å². The number of halogens is 1. The maximum Gasteiger partial charge on any atom is 0.00451 e. The van der Waals surface area contributed by atoms with Crippen molar-refractivity contribution < 1.29 is 0 Å². The van der Waals surface area contributed by atoms with Crippen molar-refractivity contribution in [3.63, 3.8) is 0 Å². The molecular weight excluding hydrogens is 182 g/mol. The lowest BCUT2D eigenvalue weighted by atomic mass is 10.0. The van der Waals surface area contributed by atoms with Crippen LogP contribution in [0.5, 0.6) is 0 Å². The second kappa shape index (κ2) is 4.64.